The highest BCUT2D eigenvalue weighted by atomic mass is 16.8. The molecule has 0 radical (unpaired) electrons. The quantitative estimate of drug-likeness (QED) is 0.718. The maximum absolute atomic E-state index is 13.1. The first kappa shape index (κ1) is 21.8. The van der Waals surface area contributed by atoms with Gasteiger partial charge in [-0.25, -0.2) is 4.79 Å². The van der Waals surface area contributed by atoms with E-state index in [2.05, 4.69) is 6.92 Å². The van der Waals surface area contributed by atoms with Crippen molar-refractivity contribution in [3.8, 4) is 0 Å². The first-order chi connectivity index (χ1) is 13.0. The van der Waals surface area contributed by atoms with Crippen molar-refractivity contribution in [1.29, 1.82) is 0 Å². The average Bonchev–Trinajstić information content (AvgIpc) is 3.39. The number of piperidine rings is 1. The number of fused-ring (bicyclic) bond motifs is 1. The summed E-state index contributed by atoms with van der Waals surface area (Å²) in [5, 5.41) is 0. The molecule has 2 saturated heterocycles. The van der Waals surface area contributed by atoms with Gasteiger partial charge >= 0.3 is 6.09 Å². The second kappa shape index (κ2) is 7.11. The molecule has 1 amide bonds. The number of methoxy groups -OCH3 is 2. The van der Waals surface area contributed by atoms with E-state index in [1.54, 1.807) is 14.2 Å². The van der Waals surface area contributed by atoms with E-state index in [0.717, 1.165) is 25.7 Å². The second-order valence-electron chi connectivity index (χ2n) is 9.63. The molecule has 1 spiro atoms. The minimum atomic E-state index is -1.08. The zero-order valence-corrected chi connectivity index (χ0v) is 18.7. The Labute approximate surface area is 169 Å². The molecule has 162 valence electrons. The molecule has 3 rings (SSSR count). The monoisotopic (exact) mass is 399 g/mol. The zero-order valence-electron chi connectivity index (χ0n) is 18.7. The Bertz CT molecular complexity index is 600. The Hall–Kier alpha value is -0.890. The molecule has 0 N–H and O–H groups in total. The van der Waals surface area contributed by atoms with Crippen molar-refractivity contribution < 1.29 is 28.5 Å². The number of nitrogens with zero attached hydrogens (tertiary/aromatic N) is 1. The van der Waals surface area contributed by atoms with Crippen LogP contribution in [0.4, 0.5) is 4.79 Å². The van der Waals surface area contributed by atoms with Crippen molar-refractivity contribution in [2.75, 3.05) is 20.8 Å². The summed E-state index contributed by atoms with van der Waals surface area (Å²) in [4.78, 5) is 15.0. The number of hydrogen-bond acceptors (Lipinski definition) is 6. The number of rotatable bonds is 4. The maximum atomic E-state index is 13.1. The fourth-order valence-corrected chi connectivity index (χ4v) is 4.81. The van der Waals surface area contributed by atoms with Crippen LogP contribution in [0, 0.1) is 5.92 Å². The minimum absolute atomic E-state index is 0.158. The summed E-state index contributed by atoms with van der Waals surface area (Å²) in [6.45, 7) is 12.0. The van der Waals surface area contributed by atoms with Crippen molar-refractivity contribution in [3.05, 3.63) is 0 Å². The molecule has 1 aliphatic carbocycles. The lowest BCUT2D eigenvalue weighted by Gasteiger charge is -2.58. The van der Waals surface area contributed by atoms with Crippen LogP contribution in [0.3, 0.4) is 0 Å². The van der Waals surface area contributed by atoms with Gasteiger partial charge in [-0.15, -0.1) is 0 Å². The van der Waals surface area contributed by atoms with Crippen LogP contribution in [0.15, 0.2) is 0 Å². The molecule has 5 atom stereocenters. The summed E-state index contributed by atoms with van der Waals surface area (Å²) in [5.74, 6) is -1.94. The number of carbonyl (C=O) groups excluding carboxylic acids is 1. The van der Waals surface area contributed by atoms with Gasteiger partial charge in [0.1, 0.15) is 11.7 Å². The van der Waals surface area contributed by atoms with Crippen LogP contribution in [0.1, 0.15) is 67.2 Å². The molecule has 1 saturated carbocycles. The maximum Gasteiger partial charge on any atom is 0.410 e. The molecular weight excluding hydrogens is 362 g/mol. The number of ether oxygens (including phenoxy) is 5. The third-order valence-electron chi connectivity index (χ3n) is 6.67. The predicted octanol–water partition coefficient (Wildman–Crippen LogP) is 3.70. The molecule has 0 unspecified atom stereocenters. The fourth-order valence-electron chi connectivity index (χ4n) is 4.81. The Kier molecular flexibility index (Phi) is 5.54. The van der Waals surface area contributed by atoms with Crippen molar-refractivity contribution >= 4 is 6.09 Å². The van der Waals surface area contributed by atoms with E-state index < -0.39 is 17.2 Å². The van der Waals surface area contributed by atoms with Crippen LogP contribution in [-0.4, -0.2) is 66.7 Å². The van der Waals surface area contributed by atoms with E-state index in [4.69, 9.17) is 23.7 Å². The topological polar surface area (TPSA) is 66.5 Å². The molecule has 0 aromatic rings. The standard InChI is InChI=1S/C21H37NO6/c1-9-10-14-16-15(26-19(5,24-7)20(6,25-8)27-16)13-22(21(14)11-12-21)17(23)28-18(2,3)4/h14-16H,9-13H2,1-8H3/t14-,15-,16-,19+,20+/m1/s1. The predicted molar refractivity (Wildman–Crippen MR) is 104 cm³/mol. The molecule has 7 heteroatoms. The molecule has 2 heterocycles. The van der Waals surface area contributed by atoms with Gasteiger partial charge in [-0.3, -0.25) is 4.90 Å². The van der Waals surface area contributed by atoms with Gasteiger partial charge in [-0.1, -0.05) is 13.3 Å². The summed E-state index contributed by atoms with van der Waals surface area (Å²) >= 11 is 0. The van der Waals surface area contributed by atoms with Gasteiger partial charge < -0.3 is 23.7 Å². The van der Waals surface area contributed by atoms with Crippen molar-refractivity contribution in [2.45, 2.75) is 102 Å². The molecule has 3 fully saturated rings. The Morgan fingerprint density at radius 2 is 1.68 bits per heavy atom. The van der Waals surface area contributed by atoms with Gasteiger partial charge in [0.05, 0.1) is 18.2 Å². The number of carbonyl (C=O) groups is 1. The number of likely N-dealkylation sites (tertiary alicyclic amines) is 1. The molecule has 0 aromatic carbocycles. The van der Waals surface area contributed by atoms with Crippen LogP contribution in [-0.2, 0) is 23.7 Å². The molecular formula is C21H37NO6. The second-order valence-corrected chi connectivity index (χ2v) is 9.63. The fraction of sp³-hybridized carbons (Fsp3) is 0.952. The van der Waals surface area contributed by atoms with E-state index in [9.17, 15) is 4.79 Å². The smallest absolute Gasteiger partial charge is 0.410 e. The average molecular weight is 400 g/mol. The van der Waals surface area contributed by atoms with Crippen molar-refractivity contribution in [1.82, 2.24) is 4.90 Å². The van der Waals surface area contributed by atoms with E-state index in [0.29, 0.717) is 6.54 Å². The van der Waals surface area contributed by atoms with Gasteiger partial charge in [0, 0.05) is 20.1 Å². The van der Waals surface area contributed by atoms with E-state index in [1.165, 1.54) is 0 Å². The largest absolute Gasteiger partial charge is 0.444 e. The third-order valence-corrected chi connectivity index (χ3v) is 6.67. The zero-order chi connectivity index (χ0) is 21.0. The van der Waals surface area contributed by atoms with Crippen LogP contribution in [0.5, 0.6) is 0 Å². The van der Waals surface area contributed by atoms with E-state index in [-0.39, 0.29) is 29.8 Å². The lowest BCUT2D eigenvalue weighted by molar-refractivity contribution is -0.458. The summed E-state index contributed by atoms with van der Waals surface area (Å²) in [6, 6.07) is 0. The van der Waals surface area contributed by atoms with Gasteiger partial charge in [-0.05, 0) is 53.9 Å². The molecule has 7 nitrogen and oxygen atoms in total. The highest BCUT2D eigenvalue weighted by Gasteiger charge is 2.68. The number of hydrogen-bond donors (Lipinski definition) is 0. The summed E-state index contributed by atoms with van der Waals surface area (Å²) < 4.78 is 30.1. The SMILES string of the molecule is CCC[C@@H]1[C@H]2O[C@](C)(OC)[C@@](C)(OC)O[C@@H]2CN(C(=O)OC(C)(C)C)C12CC2. The highest BCUT2D eigenvalue weighted by Crippen LogP contribution is 2.57. The highest BCUT2D eigenvalue weighted by molar-refractivity contribution is 5.70. The molecule has 0 aromatic heterocycles. The van der Waals surface area contributed by atoms with Crippen LogP contribution in [0.2, 0.25) is 0 Å². The van der Waals surface area contributed by atoms with Gasteiger partial charge in [0.2, 0.25) is 11.6 Å². The summed E-state index contributed by atoms with van der Waals surface area (Å²) in [5.41, 5.74) is -0.748. The van der Waals surface area contributed by atoms with Crippen LogP contribution < -0.4 is 0 Å². The van der Waals surface area contributed by atoms with Gasteiger partial charge in [0.15, 0.2) is 0 Å². The summed E-state index contributed by atoms with van der Waals surface area (Å²) in [6.07, 6.45) is 3.16. The molecule has 28 heavy (non-hydrogen) atoms. The van der Waals surface area contributed by atoms with Crippen molar-refractivity contribution in [2.24, 2.45) is 5.92 Å². The third kappa shape index (κ3) is 3.44. The van der Waals surface area contributed by atoms with E-state index in [1.807, 2.05) is 39.5 Å². The minimum Gasteiger partial charge on any atom is -0.444 e. The Balaban J connectivity index is 1.94. The Morgan fingerprint density at radius 3 is 2.14 bits per heavy atom. The van der Waals surface area contributed by atoms with Crippen LogP contribution >= 0.6 is 0 Å². The first-order valence-electron chi connectivity index (χ1n) is 10.4. The van der Waals surface area contributed by atoms with Crippen molar-refractivity contribution in [3.63, 3.8) is 0 Å². The Morgan fingerprint density at radius 1 is 1.11 bits per heavy atom. The van der Waals surface area contributed by atoms with Crippen LogP contribution in [0.25, 0.3) is 0 Å². The normalized spacial score (nSPS) is 39.6. The first-order valence-corrected chi connectivity index (χ1v) is 10.4. The number of amides is 1. The van der Waals surface area contributed by atoms with Gasteiger partial charge in [-0.2, -0.15) is 0 Å². The molecule has 2 aliphatic heterocycles. The molecule has 3 aliphatic rings. The lowest BCUT2D eigenvalue weighted by Crippen LogP contribution is -2.73. The molecule has 0 bridgehead atoms. The summed E-state index contributed by atoms with van der Waals surface area (Å²) in [7, 11) is 3.19. The van der Waals surface area contributed by atoms with E-state index >= 15 is 0 Å². The van der Waals surface area contributed by atoms with Gasteiger partial charge in [0.25, 0.3) is 0 Å². The lowest BCUT2D eigenvalue weighted by atomic mass is 9.78.